The van der Waals surface area contributed by atoms with Gasteiger partial charge in [-0.05, 0) is 45.1 Å². The van der Waals surface area contributed by atoms with Crippen LogP contribution in [-0.2, 0) is 14.3 Å². The number of carbonyl (C=O) groups is 1. The van der Waals surface area contributed by atoms with Crippen LogP contribution in [0.25, 0.3) is 0 Å². The lowest BCUT2D eigenvalue weighted by molar-refractivity contribution is -0.153. The third-order valence-corrected chi connectivity index (χ3v) is 4.75. The van der Waals surface area contributed by atoms with Gasteiger partial charge in [0, 0.05) is 26.7 Å². The standard InChI is InChI=1S/C16H30N2O3/c1-4-17-16(13-6-7-13,15(19)21-5-2)12-18-10-8-14(20-3)9-11-18/h13-14,17H,4-12H2,1-3H3. The monoisotopic (exact) mass is 298 g/mol. The van der Waals surface area contributed by atoms with Crippen LogP contribution < -0.4 is 5.32 Å². The number of ether oxygens (including phenoxy) is 2. The molecule has 1 atom stereocenters. The summed E-state index contributed by atoms with van der Waals surface area (Å²) in [5.74, 6) is 0.361. The van der Waals surface area contributed by atoms with E-state index in [0.717, 1.165) is 51.9 Å². The number of hydrogen-bond donors (Lipinski definition) is 1. The average molecular weight is 298 g/mol. The first-order chi connectivity index (χ1) is 10.2. The fraction of sp³-hybridized carbons (Fsp3) is 0.938. The second-order valence-corrected chi connectivity index (χ2v) is 6.21. The second kappa shape index (κ2) is 7.56. The minimum absolute atomic E-state index is 0.0665. The highest BCUT2D eigenvalue weighted by atomic mass is 16.5. The van der Waals surface area contributed by atoms with E-state index in [2.05, 4.69) is 17.1 Å². The molecule has 1 heterocycles. The van der Waals surface area contributed by atoms with Gasteiger partial charge in [-0.2, -0.15) is 0 Å². The zero-order valence-electron chi connectivity index (χ0n) is 13.7. The molecule has 5 heteroatoms. The molecule has 21 heavy (non-hydrogen) atoms. The summed E-state index contributed by atoms with van der Waals surface area (Å²) in [4.78, 5) is 15.0. The maximum Gasteiger partial charge on any atom is 0.327 e. The molecule has 0 aromatic rings. The third-order valence-electron chi connectivity index (χ3n) is 4.75. The molecular weight excluding hydrogens is 268 g/mol. The zero-order valence-corrected chi connectivity index (χ0v) is 13.7. The summed E-state index contributed by atoms with van der Waals surface area (Å²) in [7, 11) is 1.78. The van der Waals surface area contributed by atoms with E-state index in [9.17, 15) is 4.79 Å². The maximum atomic E-state index is 12.6. The lowest BCUT2D eigenvalue weighted by Gasteiger charge is -2.40. The number of carbonyl (C=O) groups excluding carboxylic acids is 1. The molecule has 0 aromatic carbocycles. The average Bonchev–Trinajstić information content (AvgIpc) is 3.32. The van der Waals surface area contributed by atoms with Crippen LogP contribution in [0.3, 0.4) is 0 Å². The first-order valence-corrected chi connectivity index (χ1v) is 8.33. The summed E-state index contributed by atoms with van der Waals surface area (Å²) in [6.07, 6.45) is 4.72. The number of esters is 1. The van der Waals surface area contributed by atoms with Crippen molar-refractivity contribution in [2.24, 2.45) is 5.92 Å². The molecule has 1 saturated carbocycles. The molecule has 0 bridgehead atoms. The molecule has 0 radical (unpaired) electrons. The molecule has 1 aliphatic heterocycles. The normalized spacial score (nSPS) is 23.8. The lowest BCUT2D eigenvalue weighted by Crippen LogP contribution is -2.62. The van der Waals surface area contributed by atoms with E-state index >= 15 is 0 Å². The van der Waals surface area contributed by atoms with Gasteiger partial charge in [-0.15, -0.1) is 0 Å². The molecule has 122 valence electrons. The first-order valence-electron chi connectivity index (χ1n) is 8.33. The summed E-state index contributed by atoms with van der Waals surface area (Å²) >= 11 is 0. The van der Waals surface area contributed by atoms with Gasteiger partial charge in [-0.25, -0.2) is 4.79 Å². The van der Waals surface area contributed by atoms with E-state index in [1.807, 2.05) is 6.92 Å². The van der Waals surface area contributed by atoms with Crippen LogP contribution in [0.2, 0.25) is 0 Å². The van der Waals surface area contributed by atoms with Crippen molar-refractivity contribution in [1.82, 2.24) is 10.2 Å². The minimum Gasteiger partial charge on any atom is -0.465 e. The number of rotatable bonds is 8. The van der Waals surface area contributed by atoms with Crippen molar-refractivity contribution < 1.29 is 14.3 Å². The summed E-state index contributed by atoms with van der Waals surface area (Å²) < 4.78 is 10.8. The molecule has 1 aliphatic carbocycles. The molecule has 0 aromatic heterocycles. The highest BCUT2D eigenvalue weighted by Crippen LogP contribution is 2.41. The summed E-state index contributed by atoms with van der Waals surface area (Å²) in [5, 5.41) is 3.47. The fourth-order valence-corrected chi connectivity index (χ4v) is 3.44. The predicted molar refractivity (Wildman–Crippen MR) is 82.2 cm³/mol. The Hall–Kier alpha value is -0.650. The molecule has 1 N–H and O–H groups in total. The van der Waals surface area contributed by atoms with Gasteiger partial charge in [0.2, 0.25) is 0 Å². The number of piperidine rings is 1. The van der Waals surface area contributed by atoms with E-state index in [1.165, 1.54) is 0 Å². The van der Waals surface area contributed by atoms with Crippen LogP contribution in [0, 0.1) is 5.92 Å². The van der Waals surface area contributed by atoms with Gasteiger partial charge in [0.25, 0.3) is 0 Å². The van der Waals surface area contributed by atoms with Crippen LogP contribution in [0.5, 0.6) is 0 Å². The summed E-state index contributed by atoms with van der Waals surface area (Å²) in [6, 6.07) is 0. The number of likely N-dealkylation sites (tertiary alicyclic amines) is 1. The summed E-state index contributed by atoms with van der Waals surface area (Å²) in [6.45, 7) is 7.95. The number of nitrogens with one attached hydrogen (secondary N) is 1. The molecule has 5 nitrogen and oxygen atoms in total. The molecule has 0 spiro atoms. The largest absolute Gasteiger partial charge is 0.465 e. The number of hydrogen-bond acceptors (Lipinski definition) is 5. The van der Waals surface area contributed by atoms with Crippen LogP contribution >= 0.6 is 0 Å². The topological polar surface area (TPSA) is 50.8 Å². The fourth-order valence-electron chi connectivity index (χ4n) is 3.44. The smallest absolute Gasteiger partial charge is 0.327 e. The van der Waals surface area contributed by atoms with E-state index in [4.69, 9.17) is 9.47 Å². The van der Waals surface area contributed by atoms with Crippen LogP contribution in [0.4, 0.5) is 0 Å². The van der Waals surface area contributed by atoms with Crippen molar-refractivity contribution in [1.29, 1.82) is 0 Å². The Labute approximate surface area is 128 Å². The van der Waals surface area contributed by atoms with Crippen LogP contribution in [0.1, 0.15) is 39.5 Å². The van der Waals surface area contributed by atoms with Crippen molar-refractivity contribution in [3.05, 3.63) is 0 Å². The van der Waals surface area contributed by atoms with Gasteiger partial charge < -0.3 is 19.7 Å². The Morgan fingerprint density at radius 1 is 1.24 bits per heavy atom. The Morgan fingerprint density at radius 3 is 2.38 bits per heavy atom. The molecule has 2 fully saturated rings. The Morgan fingerprint density at radius 2 is 1.90 bits per heavy atom. The van der Waals surface area contributed by atoms with Crippen molar-refractivity contribution in [3.8, 4) is 0 Å². The molecule has 2 aliphatic rings. The maximum absolute atomic E-state index is 12.6. The zero-order chi connectivity index (χ0) is 15.3. The lowest BCUT2D eigenvalue weighted by atomic mass is 9.91. The summed E-state index contributed by atoms with van der Waals surface area (Å²) in [5.41, 5.74) is -0.509. The van der Waals surface area contributed by atoms with Gasteiger partial charge >= 0.3 is 5.97 Å². The molecular formula is C16H30N2O3. The van der Waals surface area contributed by atoms with Crippen molar-refractivity contribution >= 4 is 5.97 Å². The quantitative estimate of drug-likeness (QED) is 0.687. The third kappa shape index (κ3) is 3.96. The van der Waals surface area contributed by atoms with Gasteiger partial charge in [-0.1, -0.05) is 6.92 Å². The number of likely N-dealkylation sites (N-methyl/N-ethyl adjacent to an activating group) is 1. The van der Waals surface area contributed by atoms with E-state index < -0.39 is 5.54 Å². The van der Waals surface area contributed by atoms with Crippen LogP contribution in [-0.4, -0.2) is 62.4 Å². The van der Waals surface area contributed by atoms with E-state index in [1.54, 1.807) is 7.11 Å². The Kier molecular flexibility index (Phi) is 6.02. The highest BCUT2D eigenvalue weighted by Gasteiger charge is 2.52. The van der Waals surface area contributed by atoms with Gasteiger partial charge in [0.1, 0.15) is 5.54 Å². The minimum atomic E-state index is -0.509. The number of methoxy groups -OCH3 is 1. The second-order valence-electron chi connectivity index (χ2n) is 6.21. The SMILES string of the molecule is CCNC(CN1CCC(OC)CC1)(C(=O)OCC)C1CC1. The predicted octanol–water partition coefficient (Wildman–Crippen LogP) is 1.42. The van der Waals surface area contributed by atoms with Gasteiger partial charge in [0.05, 0.1) is 12.7 Å². The van der Waals surface area contributed by atoms with Crippen molar-refractivity contribution in [3.63, 3.8) is 0 Å². The number of nitrogens with zero attached hydrogens (tertiary/aromatic N) is 1. The Balaban J connectivity index is 2.03. The molecule has 2 rings (SSSR count). The first kappa shape index (κ1) is 16.7. The Bertz CT molecular complexity index is 338. The van der Waals surface area contributed by atoms with Crippen molar-refractivity contribution in [2.45, 2.75) is 51.2 Å². The van der Waals surface area contributed by atoms with Gasteiger partial charge in [-0.3, -0.25) is 0 Å². The molecule has 1 unspecified atom stereocenters. The molecule has 0 amide bonds. The molecule has 1 saturated heterocycles. The van der Waals surface area contributed by atoms with Crippen molar-refractivity contribution in [2.75, 3.05) is 39.9 Å². The highest BCUT2D eigenvalue weighted by molar-refractivity contribution is 5.82. The van der Waals surface area contributed by atoms with Gasteiger partial charge in [0.15, 0.2) is 0 Å². The van der Waals surface area contributed by atoms with E-state index in [0.29, 0.717) is 18.6 Å². The van der Waals surface area contributed by atoms with Crippen LogP contribution in [0.15, 0.2) is 0 Å². The van der Waals surface area contributed by atoms with E-state index in [-0.39, 0.29) is 5.97 Å².